The van der Waals surface area contributed by atoms with Crippen molar-refractivity contribution in [2.45, 2.75) is 25.8 Å². The van der Waals surface area contributed by atoms with Crippen LogP contribution in [0.4, 0.5) is 13.2 Å². The summed E-state index contributed by atoms with van der Waals surface area (Å²) in [5.74, 6) is -1.17. The fourth-order valence-electron chi connectivity index (χ4n) is 0.607. The fraction of sp³-hybridized carbons (Fsp3) is 0.857. The lowest BCUT2D eigenvalue weighted by Gasteiger charge is -2.22. The van der Waals surface area contributed by atoms with Crippen molar-refractivity contribution in [1.29, 1.82) is 0 Å². The van der Waals surface area contributed by atoms with Gasteiger partial charge in [0, 0.05) is 14.1 Å². The number of nitrogens with zero attached hydrogens (tertiary/aromatic N) is 2. The van der Waals surface area contributed by atoms with E-state index in [1.165, 1.54) is 14.1 Å². The predicted octanol–water partition coefficient (Wildman–Crippen LogP) is 2.28. The van der Waals surface area contributed by atoms with Gasteiger partial charge >= 0.3 is 6.18 Å². The highest BCUT2D eigenvalue weighted by Crippen LogP contribution is 2.21. The Kier molecular flexibility index (Phi) is 3.98. The predicted molar refractivity (Wildman–Crippen MR) is 51.6 cm³/mol. The molecule has 0 spiro atoms. The molecule has 14 heavy (non-hydrogen) atoms. The van der Waals surface area contributed by atoms with Gasteiger partial charge in [-0.05, 0) is 19.6 Å². The van der Waals surface area contributed by atoms with Crippen LogP contribution in [0.15, 0.2) is 5.10 Å². The van der Waals surface area contributed by atoms with Crippen LogP contribution in [0.5, 0.6) is 0 Å². The third-order valence-electron chi connectivity index (χ3n) is 0.936. The fourth-order valence-corrected chi connectivity index (χ4v) is 1.34. The summed E-state index contributed by atoms with van der Waals surface area (Å²) < 4.78 is 41.9. The largest absolute Gasteiger partial charge is 0.527 e. The van der Waals surface area contributed by atoms with Crippen molar-refractivity contribution < 1.29 is 17.6 Å². The number of hydrogen-bond donors (Lipinski definition) is 0. The average Bonchev–Trinajstić information content (AvgIpc) is 1.78. The van der Waals surface area contributed by atoms with Crippen molar-refractivity contribution in [2.24, 2.45) is 5.10 Å². The molecule has 0 aliphatic rings. The molecule has 0 fully saturated rings. The maximum Gasteiger partial charge on any atom is 0.468 e. The van der Waals surface area contributed by atoms with Crippen LogP contribution in [0.1, 0.15) is 0 Å². The lowest BCUT2D eigenvalue weighted by Crippen LogP contribution is -2.38. The van der Waals surface area contributed by atoms with E-state index in [0.717, 1.165) is 5.01 Å². The van der Waals surface area contributed by atoms with Crippen molar-refractivity contribution in [3.8, 4) is 0 Å². The molecule has 0 rings (SSSR count). The van der Waals surface area contributed by atoms with Gasteiger partial charge in [-0.2, -0.15) is 13.2 Å². The second-order valence-corrected chi connectivity index (χ2v) is 8.39. The van der Waals surface area contributed by atoms with Crippen LogP contribution in [-0.2, 0) is 4.43 Å². The summed E-state index contributed by atoms with van der Waals surface area (Å²) in [5.41, 5.74) is 0. The third-order valence-corrected chi connectivity index (χ3v) is 1.74. The monoisotopic (exact) mass is 228 g/mol. The summed E-state index contributed by atoms with van der Waals surface area (Å²) in [4.78, 5) is 0. The molecule has 0 N–H and O–H groups in total. The molecule has 0 aromatic heterocycles. The molecule has 3 nitrogen and oxygen atoms in total. The SMILES string of the molecule is CN(C)/N=C(\O[Si](C)(C)C)C(F)(F)F. The Balaban J connectivity index is 4.77. The van der Waals surface area contributed by atoms with Crippen molar-refractivity contribution in [2.75, 3.05) is 14.1 Å². The molecule has 0 atom stereocenters. The summed E-state index contributed by atoms with van der Waals surface area (Å²) in [6.07, 6.45) is -4.52. The number of alkyl halides is 3. The van der Waals surface area contributed by atoms with Crippen LogP contribution in [0, 0.1) is 0 Å². The third kappa shape index (κ3) is 5.84. The van der Waals surface area contributed by atoms with Crippen molar-refractivity contribution >= 4 is 14.2 Å². The minimum absolute atomic E-state index is 1.07. The highest BCUT2D eigenvalue weighted by atomic mass is 28.4. The Labute approximate surface area is 82.7 Å². The van der Waals surface area contributed by atoms with Gasteiger partial charge in [0.25, 0.3) is 5.90 Å². The molecule has 0 saturated heterocycles. The molecule has 0 aliphatic carbocycles. The first-order valence-electron chi connectivity index (χ1n) is 4.04. The van der Waals surface area contributed by atoms with Crippen molar-refractivity contribution in [1.82, 2.24) is 5.01 Å². The summed E-state index contributed by atoms with van der Waals surface area (Å²) >= 11 is 0. The summed E-state index contributed by atoms with van der Waals surface area (Å²) in [7, 11) is 0.558. The molecular weight excluding hydrogens is 213 g/mol. The Morgan fingerprint density at radius 1 is 1.21 bits per heavy atom. The zero-order chi connectivity index (χ0) is 11.6. The van der Waals surface area contributed by atoms with Crippen LogP contribution in [0.2, 0.25) is 19.6 Å². The highest BCUT2D eigenvalue weighted by molar-refractivity contribution is 6.71. The summed E-state index contributed by atoms with van der Waals surface area (Å²) in [6, 6.07) is 0. The second-order valence-electron chi connectivity index (χ2n) is 3.96. The van der Waals surface area contributed by atoms with E-state index in [2.05, 4.69) is 5.10 Å². The highest BCUT2D eigenvalue weighted by Gasteiger charge is 2.41. The van der Waals surface area contributed by atoms with E-state index in [1.54, 1.807) is 19.6 Å². The maximum atomic E-state index is 12.4. The topological polar surface area (TPSA) is 24.8 Å². The maximum absolute atomic E-state index is 12.4. The molecule has 0 radical (unpaired) electrons. The molecule has 0 saturated carbocycles. The molecule has 84 valence electrons. The molecule has 7 heteroatoms. The zero-order valence-corrected chi connectivity index (χ0v) is 9.94. The van der Waals surface area contributed by atoms with E-state index in [9.17, 15) is 13.2 Å². The zero-order valence-electron chi connectivity index (χ0n) is 8.94. The molecule has 0 amide bonds. The Morgan fingerprint density at radius 2 is 1.64 bits per heavy atom. The smallest absolute Gasteiger partial charge is 0.468 e. The van der Waals surface area contributed by atoms with E-state index in [-0.39, 0.29) is 0 Å². The summed E-state index contributed by atoms with van der Waals surface area (Å²) in [5, 5.41) is 4.34. The lowest BCUT2D eigenvalue weighted by molar-refractivity contribution is -0.0730. The van der Waals surface area contributed by atoms with E-state index < -0.39 is 20.4 Å². The number of hydrogen-bond acceptors (Lipinski definition) is 3. The van der Waals surface area contributed by atoms with Crippen LogP contribution in [0.25, 0.3) is 0 Å². The van der Waals surface area contributed by atoms with E-state index >= 15 is 0 Å². The van der Waals surface area contributed by atoms with Gasteiger partial charge in [0.15, 0.2) is 0 Å². The first-order chi connectivity index (χ1) is 6.02. The quantitative estimate of drug-likeness (QED) is 0.313. The van der Waals surface area contributed by atoms with Gasteiger partial charge in [-0.3, -0.25) is 5.01 Å². The molecular formula is C7H15F3N2OSi. The van der Waals surface area contributed by atoms with Gasteiger partial charge < -0.3 is 4.43 Å². The minimum atomic E-state index is -4.52. The van der Waals surface area contributed by atoms with E-state index in [1.807, 2.05) is 0 Å². The molecule has 0 heterocycles. The Bertz CT molecular complexity index is 220. The number of hydrazone groups is 1. The number of rotatable bonds is 2. The van der Waals surface area contributed by atoms with Gasteiger partial charge in [-0.1, -0.05) is 0 Å². The molecule has 0 bridgehead atoms. The first-order valence-corrected chi connectivity index (χ1v) is 7.45. The van der Waals surface area contributed by atoms with Gasteiger partial charge in [-0.25, -0.2) is 0 Å². The molecule has 0 aromatic rings. The van der Waals surface area contributed by atoms with Crippen LogP contribution in [-0.4, -0.2) is 39.5 Å². The Hall–Kier alpha value is -0.723. The summed E-state index contributed by atoms with van der Waals surface area (Å²) in [6.45, 7) is 5.01. The van der Waals surface area contributed by atoms with Gasteiger partial charge in [0.2, 0.25) is 8.32 Å². The molecule has 0 unspecified atom stereocenters. The lowest BCUT2D eigenvalue weighted by atomic mass is 10.6. The first kappa shape index (κ1) is 13.3. The van der Waals surface area contributed by atoms with Gasteiger partial charge in [0.05, 0.1) is 0 Å². The molecule has 0 aromatic carbocycles. The standard InChI is InChI=1S/C7H15F3N2OSi/c1-12(2)11-6(7(8,9)10)13-14(3,4)5/h1-5H3/b11-6-. The van der Waals surface area contributed by atoms with Crippen LogP contribution < -0.4 is 0 Å². The Morgan fingerprint density at radius 3 is 1.86 bits per heavy atom. The number of halogens is 3. The van der Waals surface area contributed by atoms with Gasteiger partial charge in [-0.15, -0.1) is 5.10 Å². The van der Waals surface area contributed by atoms with Crippen LogP contribution >= 0.6 is 0 Å². The van der Waals surface area contributed by atoms with Gasteiger partial charge in [0.1, 0.15) is 0 Å². The molecule has 0 aliphatic heterocycles. The van der Waals surface area contributed by atoms with Crippen LogP contribution in [0.3, 0.4) is 0 Å². The normalized spacial score (nSPS) is 14.1. The minimum Gasteiger partial charge on any atom is -0.527 e. The second kappa shape index (κ2) is 4.20. The van der Waals surface area contributed by atoms with E-state index in [0.29, 0.717) is 0 Å². The van der Waals surface area contributed by atoms with Crippen molar-refractivity contribution in [3.63, 3.8) is 0 Å². The van der Waals surface area contributed by atoms with E-state index in [4.69, 9.17) is 4.43 Å². The average molecular weight is 228 g/mol. The van der Waals surface area contributed by atoms with Crippen molar-refractivity contribution in [3.05, 3.63) is 0 Å².